The zero-order valence-electron chi connectivity index (χ0n) is 14.3. The molecular weight excluding hydrogens is 328 g/mol. The quantitative estimate of drug-likeness (QED) is 0.806. The van der Waals surface area contributed by atoms with Crippen LogP contribution in [0.15, 0.2) is 29.2 Å². The van der Waals surface area contributed by atoms with Crippen LogP contribution in [0, 0.1) is 0 Å². The third-order valence-electron chi connectivity index (χ3n) is 4.33. The van der Waals surface area contributed by atoms with E-state index in [1.165, 1.54) is 0 Å². The first-order valence-corrected chi connectivity index (χ1v) is 9.82. The van der Waals surface area contributed by atoms with E-state index in [-0.39, 0.29) is 11.9 Å². The van der Waals surface area contributed by atoms with Gasteiger partial charge in [0.2, 0.25) is 15.9 Å². The Morgan fingerprint density at radius 3 is 2.42 bits per heavy atom. The maximum Gasteiger partial charge on any atom is 0.240 e. The predicted octanol–water partition coefficient (Wildman–Crippen LogP) is 1.55. The monoisotopic (exact) mass is 354 g/mol. The average molecular weight is 354 g/mol. The van der Waals surface area contributed by atoms with E-state index in [0.29, 0.717) is 43.9 Å². The van der Waals surface area contributed by atoms with Gasteiger partial charge in [-0.1, -0.05) is 19.1 Å². The summed E-state index contributed by atoms with van der Waals surface area (Å²) in [5, 5.41) is 0. The Morgan fingerprint density at radius 1 is 1.25 bits per heavy atom. The third-order valence-corrected chi connectivity index (χ3v) is 5.87. The maximum atomic E-state index is 12.4. The van der Waals surface area contributed by atoms with Crippen LogP contribution in [0.1, 0.15) is 31.7 Å². The molecule has 0 saturated carbocycles. The van der Waals surface area contributed by atoms with E-state index in [1.807, 2.05) is 19.1 Å². The number of hydrogen-bond donors (Lipinski definition) is 1. The highest BCUT2D eigenvalue weighted by atomic mass is 32.2. The molecule has 1 saturated heterocycles. The number of nitrogens with one attached hydrogen (secondary N) is 1. The van der Waals surface area contributed by atoms with Crippen molar-refractivity contribution in [2.24, 2.45) is 0 Å². The van der Waals surface area contributed by atoms with Crippen LogP contribution in [-0.2, 0) is 26.0 Å². The van der Waals surface area contributed by atoms with E-state index in [9.17, 15) is 13.2 Å². The fourth-order valence-electron chi connectivity index (χ4n) is 2.79. The van der Waals surface area contributed by atoms with E-state index >= 15 is 0 Å². The summed E-state index contributed by atoms with van der Waals surface area (Å²) in [6, 6.07) is 6.83. The SMILES string of the molecule is CCc1ccc(S(=O)(=O)NC2CCN(C(=O)CCOC)CC2)cc1. The Hall–Kier alpha value is -1.44. The van der Waals surface area contributed by atoms with Crippen LogP contribution in [-0.4, -0.2) is 52.1 Å². The number of likely N-dealkylation sites (tertiary alicyclic amines) is 1. The van der Waals surface area contributed by atoms with Gasteiger partial charge in [0, 0.05) is 26.2 Å². The number of aryl methyl sites for hydroxylation is 1. The highest BCUT2D eigenvalue weighted by Gasteiger charge is 2.26. The molecule has 7 heteroatoms. The first-order chi connectivity index (χ1) is 11.5. The summed E-state index contributed by atoms with van der Waals surface area (Å²) in [6.07, 6.45) is 2.51. The second-order valence-corrected chi connectivity index (χ2v) is 7.73. The Morgan fingerprint density at radius 2 is 1.88 bits per heavy atom. The topological polar surface area (TPSA) is 75.7 Å². The van der Waals surface area contributed by atoms with Crippen molar-refractivity contribution in [3.05, 3.63) is 29.8 Å². The van der Waals surface area contributed by atoms with Crippen molar-refractivity contribution in [1.82, 2.24) is 9.62 Å². The number of carbonyl (C=O) groups excluding carboxylic acids is 1. The molecule has 134 valence electrons. The molecule has 2 rings (SSSR count). The molecule has 0 spiro atoms. The summed E-state index contributed by atoms with van der Waals surface area (Å²) in [5.74, 6) is 0.0633. The lowest BCUT2D eigenvalue weighted by atomic mass is 10.1. The number of methoxy groups -OCH3 is 1. The van der Waals surface area contributed by atoms with Crippen LogP contribution in [0.3, 0.4) is 0 Å². The lowest BCUT2D eigenvalue weighted by molar-refractivity contribution is -0.133. The lowest BCUT2D eigenvalue weighted by Gasteiger charge is -2.32. The Labute approximate surface area is 144 Å². The van der Waals surface area contributed by atoms with Gasteiger partial charge >= 0.3 is 0 Å². The second kappa shape index (κ2) is 8.60. The van der Waals surface area contributed by atoms with Crippen LogP contribution < -0.4 is 4.72 Å². The molecular formula is C17H26N2O4S. The number of ether oxygens (including phenoxy) is 1. The molecule has 0 unspecified atom stereocenters. The minimum Gasteiger partial charge on any atom is -0.384 e. The smallest absolute Gasteiger partial charge is 0.240 e. The molecule has 1 fully saturated rings. The van der Waals surface area contributed by atoms with Gasteiger partial charge in [0.25, 0.3) is 0 Å². The highest BCUT2D eigenvalue weighted by molar-refractivity contribution is 7.89. The lowest BCUT2D eigenvalue weighted by Crippen LogP contribution is -2.46. The number of sulfonamides is 1. The molecule has 1 amide bonds. The van der Waals surface area contributed by atoms with Crippen molar-refractivity contribution in [2.45, 2.75) is 43.5 Å². The molecule has 1 N–H and O–H groups in total. The Bertz CT molecular complexity index is 635. The normalized spacial score (nSPS) is 16.3. The third kappa shape index (κ3) is 5.03. The number of nitrogens with zero attached hydrogens (tertiary/aromatic N) is 1. The maximum absolute atomic E-state index is 12.4. The van der Waals surface area contributed by atoms with Gasteiger partial charge in [-0.05, 0) is 37.0 Å². The number of carbonyl (C=O) groups is 1. The van der Waals surface area contributed by atoms with Gasteiger partial charge in [-0.3, -0.25) is 4.79 Å². The van der Waals surface area contributed by atoms with Gasteiger partial charge < -0.3 is 9.64 Å². The average Bonchev–Trinajstić information content (AvgIpc) is 2.60. The van der Waals surface area contributed by atoms with Gasteiger partial charge in [0.15, 0.2) is 0 Å². The number of amides is 1. The van der Waals surface area contributed by atoms with Crippen LogP contribution >= 0.6 is 0 Å². The predicted molar refractivity (Wildman–Crippen MR) is 92.2 cm³/mol. The molecule has 1 aromatic carbocycles. The second-order valence-electron chi connectivity index (χ2n) is 6.02. The molecule has 0 aromatic heterocycles. The number of rotatable bonds is 7. The molecule has 0 bridgehead atoms. The zero-order valence-corrected chi connectivity index (χ0v) is 15.1. The standard InChI is InChI=1S/C17H26N2O4S/c1-3-14-4-6-16(7-5-14)24(21,22)18-15-8-11-19(12-9-15)17(20)10-13-23-2/h4-7,15,18H,3,8-13H2,1-2H3. The number of piperidine rings is 1. The summed E-state index contributed by atoms with van der Waals surface area (Å²) in [5.41, 5.74) is 1.11. The van der Waals surface area contributed by atoms with E-state index < -0.39 is 10.0 Å². The number of hydrogen-bond acceptors (Lipinski definition) is 4. The van der Waals surface area contributed by atoms with Gasteiger partial charge in [0.05, 0.1) is 17.9 Å². The van der Waals surface area contributed by atoms with Gasteiger partial charge in [-0.15, -0.1) is 0 Å². The molecule has 24 heavy (non-hydrogen) atoms. The highest BCUT2D eigenvalue weighted by Crippen LogP contribution is 2.16. The fourth-order valence-corrected chi connectivity index (χ4v) is 4.09. The van der Waals surface area contributed by atoms with Crippen LogP contribution in [0.5, 0.6) is 0 Å². The largest absolute Gasteiger partial charge is 0.384 e. The molecule has 1 aliphatic rings. The Balaban J connectivity index is 1.89. The first-order valence-electron chi connectivity index (χ1n) is 8.34. The molecule has 0 atom stereocenters. The molecule has 0 aliphatic carbocycles. The van der Waals surface area contributed by atoms with Crippen molar-refractivity contribution in [3.8, 4) is 0 Å². The number of benzene rings is 1. The molecule has 6 nitrogen and oxygen atoms in total. The minimum absolute atomic E-state index is 0.0633. The van der Waals surface area contributed by atoms with E-state index in [4.69, 9.17) is 4.74 Å². The summed E-state index contributed by atoms with van der Waals surface area (Å²) >= 11 is 0. The van der Waals surface area contributed by atoms with Crippen LogP contribution in [0.25, 0.3) is 0 Å². The molecule has 1 heterocycles. The van der Waals surface area contributed by atoms with Crippen molar-refractivity contribution in [1.29, 1.82) is 0 Å². The van der Waals surface area contributed by atoms with E-state index in [0.717, 1.165) is 12.0 Å². The molecule has 1 aromatic rings. The van der Waals surface area contributed by atoms with Gasteiger partial charge in [-0.2, -0.15) is 0 Å². The molecule has 1 aliphatic heterocycles. The van der Waals surface area contributed by atoms with Gasteiger partial charge in [-0.25, -0.2) is 13.1 Å². The summed E-state index contributed by atoms with van der Waals surface area (Å²) in [6.45, 7) is 3.59. The summed E-state index contributed by atoms with van der Waals surface area (Å²) in [7, 11) is -1.94. The van der Waals surface area contributed by atoms with Crippen molar-refractivity contribution in [3.63, 3.8) is 0 Å². The minimum atomic E-state index is -3.51. The fraction of sp³-hybridized carbons (Fsp3) is 0.588. The zero-order chi connectivity index (χ0) is 17.6. The summed E-state index contributed by atoms with van der Waals surface area (Å²) < 4.78 is 32.6. The van der Waals surface area contributed by atoms with Crippen molar-refractivity contribution >= 4 is 15.9 Å². The van der Waals surface area contributed by atoms with E-state index in [1.54, 1.807) is 24.1 Å². The van der Waals surface area contributed by atoms with Crippen molar-refractivity contribution in [2.75, 3.05) is 26.8 Å². The van der Waals surface area contributed by atoms with Gasteiger partial charge in [0.1, 0.15) is 0 Å². The first kappa shape index (κ1) is 18.9. The van der Waals surface area contributed by atoms with Crippen molar-refractivity contribution < 1.29 is 17.9 Å². The summed E-state index contributed by atoms with van der Waals surface area (Å²) in [4.78, 5) is 14.0. The Kier molecular flexibility index (Phi) is 6.77. The molecule has 0 radical (unpaired) electrons. The van der Waals surface area contributed by atoms with E-state index in [2.05, 4.69) is 4.72 Å². The van der Waals surface area contributed by atoms with Crippen LogP contribution in [0.4, 0.5) is 0 Å². The van der Waals surface area contributed by atoms with Crippen LogP contribution in [0.2, 0.25) is 0 Å².